The van der Waals surface area contributed by atoms with E-state index in [-0.39, 0.29) is 23.3 Å². The second kappa shape index (κ2) is 10.4. The molecular weight excluding hydrogens is 398 g/mol. The second-order valence-corrected chi connectivity index (χ2v) is 9.89. The Hall–Kier alpha value is -1.88. The first-order chi connectivity index (χ1) is 14.3. The number of amides is 2. The van der Waals surface area contributed by atoms with E-state index in [4.69, 9.17) is 16.6 Å². The van der Waals surface area contributed by atoms with E-state index in [2.05, 4.69) is 19.2 Å². The summed E-state index contributed by atoms with van der Waals surface area (Å²) in [5.74, 6) is 0.288. The minimum Gasteiger partial charge on any atom is -0.321 e. The third-order valence-electron chi connectivity index (χ3n) is 6.02. The van der Waals surface area contributed by atoms with Gasteiger partial charge < -0.3 is 10.2 Å². The van der Waals surface area contributed by atoms with Crippen LogP contribution in [-0.2, 0) is 4.79 Å². The number of carbonyl (C=O) groups excluding carboxylic acids is 2. The molecule has 3 rings (SSSR count). The Morgan fingerprint density at radius 2 is 1.87 bits per heavy atom. The molecule has 2 amide bonds. The zero-order chi connectivity index (χ0) is 21.6. The summed E-state index contributed by atoms with van der Waals surface area (Å²) in [4.78, 5) is 31.7. The molecule has 5 nitrogen and oxygen atoms in total. The molecule has 0 heterocycles. The molecule has 6 heteroatoms. The normalized spacial score (nSPS) is 20.9. The Balaban J connectivity index is 1.58. The van der Waals surface area contributed by atoms with Crippen LogP contribution >= 0.6 is 11.6 Å². The van der Waals surface area contributed by atoms with Gasteiger partial charge in [0.2, 0.25) is 0 Å². The maximum Gasteiger partial charge on any atom is 0.322 e. The molecule has 0 saturated heterocycles. The summed E-state index contributed by atoms with van der Waals surface area (Å²) in [5, 5.41) is 3.67. The Bertz CT molecular complexity index is 767. The lowest BCUT2D eigenvalue weighted by atomic mass is 9.76. The highest BCUT2D eigenvalue weighted by molar-refractivity contribution is 6.30. The predicted octanol–water partition coefficient (Wildman–Crippen LogP) is 6.12. The van der Waals surface area contributed by atoms with Crippen LogP contribution in [0, 0.1) is 5.41 Å². The number of nitrogens with one attached hydrogen (secondary N) is 1. The minimum atomic E-state index is -0.0501. The number of nitrogens with zero attached hydrogens (tertiary/aromatic N) is 2. The number of ketones is 1. The van der Waals surface area contributed by atoms with E-state index in [0.29, 0.717) is 31.0 Å². The van der Waals surface area contributed by atoms with E-state index >= 15 is 0 Å². The molecule has 0 aromatic heterocycles. The van der Waals surface area contributed by atoms with E-state index in [0.717, 1.165) is 37.1 Å². The monoisotopic (exact) mass is 431 g/mol. The summed E-state index contributed by atoms with van der Waals surface area (Å²) in [6, 6.07) is 7.45. The molecule has 0 radical (unpaired) electrons. The largest absolute Gasteiger partial charge is 0.322 e. The number of halogens is 1. The topological polar surface area (TPSA) is 61.8 Å². The van der Waals surface area contributed by atoms with Gasteiger partial charge in [-0.1, -0.05) is 44.7 Å². The Morgan fingerprint density at radius 1 is 1.17 bits per heavy atom. The first kappa shape index (κ1) is 22.8. The van der Waals surface area contributed by atoms with Crippen LogP contribution in [0.4, 0.5) is 10.5 Å². The number of carbonyl (C=O) groups is 2. The van der Waals surface area contributed by atoms with Crippen LogP contribution in [0.25, 0.3) is 0 Å². The molecule has 2 aliphatic rings. The molecule has 1 N–H and O–H groups in total. The highest BCUT2D eigenvalue weighted by atomic mass is 35.5. The highest BCUT2D eigenvalue weighted by Crippen LogP contribution is 2.32. The quantitative estimate of drug-likeness (QED) is 0.551. The average Bonchev–Trinajstić information content (AvgIpc) is 2.69. The third kappa shape index (κ3) is 6.83. The number of hydrogen-bond acceptors (Lipinski definition) is 3. The number of rotatable bonds is 6. The van der Waals surface area contributed by atoms with Crippen LogP contribution in [0.15, 0.2) is 29.3 Å². The van der Waals surface area contributed by atoms with Crippen LogP contribution in [0.5, 0.6) is 0 Å². The van der Waals surface area contributed by atoms with Crippen molar-refractivity contribution in [1.29, 1.82) is 0 Å². The van der Waals surface area contributed by atoms with Crippen LogP contribution in [0.3, 0.4) is 0 Å². The van der Waals surface area contributed by atoms with Crippen molar-refractivity contribution in [3.8, 4) is 0 Å². The van der Waals surface area contributed by atoms with Crippen molar-refractivity contribution in [1.82, 2.24) is 4.90 Å². The van der Waals surface area contributed by atoms with Gasteiger partial charge in [0.15, 0.2) is 0 Å². The highest BCUT2D eigenvalue weighted by Gasteiger charge is 2.30. The lowest BCUT2D eigenvalue weighted by molar-refractivity contribution is -0.120. The summed E-state index contributed by atoms with van der Waals surface area (Å²) in [7, 11) is 0. The summed E-state index contributed by atoms with van der Waals surface area (Å²) in [5.41, 5.74) is 1.79. The lowest BCUT2D eigenvalue weighted by Gasteiger charge is -2.34. The molecule has 2 aliphatic carbocycles. The van der Waals surface area contributed by atoms with Crippen molar-refractivity contribution >= 4 is 34.8 Å². The van der Waals surface area contributed by atoms with Gasteiger partial charge in [0, 0.05) is 48.4 Å². The fourth-order valence-corrected chi connectivity index (χ4v) is 4.79. The van der Waals surface area contributed by atoms with Gasteiger partial charge in [0.1, 0.15) is 5.78 Å². The smallest absolute Gasteiger partial charge is 0.321 e. The number of aliphatic imine (C=N–C) groups is 1. The average molecular weight is 432 g/mol. The van der Waals surface area contributed by atoms with Crippen molar-refractivity contribution < 1.29 is 9.59 Å². The molecule has 0 unspecified atom stereocenters. The molecule has 1 aromatic carbocycles. The molecule has 0 bridgehead atoms. The third-order valence-corrected chi connectivity index (χ3v) is 6.28. The van der Waals surface area contributed by atoms with Crippen LogP contribution in [0.2, 0.25) is 5.02 Å². The van der Waals surface area contributed by atoms with Gasteiger partial charge in [0.05, 0.1) is 0 Å². The van der Waals surface area contributed by atoms with Crippen molar-refractivity contribution in [3.05, 3.63) is 29.3 Å². The van der Waals surface area contributed by atoms with Crippen molar-refractivity contribution in [3.63, 3.8) is 0 Å². The van der Waals surface area contributed by atoms with Crippen molar-refractivity contribution in [2.24, 2.45) is 10.4 Å². The molecule has 0 atom stereocenters. The van der Waals surface area contributed by atoms with Crippen molar-refractivity contribution in [2.75, 3.05) is 18.4 Å². The van der Waals surface area contributed by atoms with Gasteiger partial charge in [0.25, 0.3) is 0 Å². The maximum absolute atomic E-state index is 13.0. The number of urea groups is 1. The van der Waals surface area contributed by atoms with Gasteiger partial charge in [-0.05, 0) is 55.4 Å². The molecule has 2 fully saturated rings. The standard InChI is InChI=1S/C24H34ClN3O2/c1-24(2)16-20(15-22(29)17-24)26-13-6-14-28(21-7-4-3-5-8-21)23(30)27-19-11-9-18(25)10-12-19/h9-12,21H,3-8,13-17H2,1-2H3,(H,27,30). The van der Waals surface area contributed by atoms with Crippen LogP contribution in [-0.4, -0.2) is 41.6 Å². The number of anilines is 1. The molecule has 164 valence electrons. The summed E-state index contributed by atoms with van der Waals surface area (Å²) < 4.78 is 0. The molecule has 0 aliphatic heterocycles. The van der Waals surface area contributed by atoms with Gasteiger partial charge in [-0.2, -0.15) is 0 Å². The number of benzene rings is 1. The summed E-state index contributed by atoms with van der Waals surface area (Å²) in [6.07, 6.45) is 8.56. The molecular formula is C24H34ClN3O2. The van der Waals surface area contributed by atoms with E-state index < -0.39 is 0 Å². The Morgan fingerprint density at radius 3 is 2.53 bits per heavy atom. The zero-order valence-corrected chi connectivity index (χ0v) is 19.0. The predicted molar refractivity (Wildman–Crippen MR) is 124 cm³/mol. The maximum atomic E-state index is 13.0. The Kier molecular flexibility index (Phi) is 7.93. The van der Waals surface area contributed by atoms with Crippen molar-refractivity contribution in [2.45, 2.75) is 77.7 Å². The van der Waals surface area contributed by atoms with Crippen LogP contribution in [0.1, 0.15) is 71.6 Å². The fourth-order valence-electron chi connectivity index (χ4n) is 4.66. The first-order valence-electron chi connectivity index (χ1n) is 11.2. The van der Waals surface area contributed by atoms with Crippen LogP contribution < -0.4 is 5.32 Å². The van der Waals surface area contributed by atoms with E-state index in [1.807, 2.05) is 17.0 Å². The SMILES string of the molecule is CC1(C)CC(=O)CC(=NCCCN(C(=O)Nc2ccc(Cl)cc2)C2CCCCC2)C1. The van der Waals surface area contributed by atoms with E-state index in [1.54, 1.807) is 12.1 Å². The van der Waals surface area contributed by atoms with E-state index in [9.17, 15) is 9.59 Å². The van der Waals surface area contributed by atoms with Gasteiger partial charge in [-0.15, -0.1) is 0 Å². The number of hydrogen-bond donors (Lipinski definition) is 1. The zero-order valence-electron chi connectivity index (χ0n) is 18.3. The van der Waals surface area contributed by atoms with Gasteiger partial charge >= 0.3 is 6.03 Å². The lowest BCUT2D eigenvalue weighted by Crippen LogP contribution is -2.44. The van der Waals surface area contributed by atoms with Gasteiger partial charge in [-0.25, -0.2) is 4.79 Å². The van der Waals surface area contributed by atoms with E-state index in [1.165, 1.54) is 19.3 Å². The Labute approximate surface area is 185 Å². The molecule has 1 aromatic rings. The first-order valence-corrected chi connectivity index (χ1v) is 11.6. The van der Waals surface area contributed by atoms with Gasteiger partial charge in [-0.3, -0.25) is 9.79 Å². The molecule has 2 saturated carbocycles. The molecule has 0 spiro atoms. The second-order valence-electron chi connectivity index (χ2n) is 9.46. The summed E-state index contributed by atoms with van der Waals surface area (Å²) >= 11 is 5.95. The number of Topliss-reactive ketones (excluding diaryl/α,β-unsaturated/α-hetero) is 1. The molecule has 30 heavy (non-hydrogen) atoms. The minimum absolute atomic E-state index is 0.0146. The summed E-state index contributed by atoms with van der Waals surface area (Å²) in [6.45, 7) is 5.60. The fraction of sp³-hybridized carbons (Fsp3) is 0.625.